The molecule has 0 fully saturated rings. The fourth-order valence-electron chi connectivity index (χ4n) is 2.01. The molecule has 0 aliphatic carbocycles. The van der Waals surface area contributed by atoms with Crippen LogP contribution in [0, 0.1) is 17.1 Å². The Morgan fingerprint density at radius 3 is 2.70 bits per heavy atom. The van der Waals surface area contributed by atoms with Crippen LogP contribution in [0.1, 0.15) is 15.9 Å². The van der Waals surface area contributed by atoms with E-state index >= 15 is 0 Å². The van der Waals surface area contributed by atoms with Gasteiger partial charge in [0, 0.05) is 10.9 Å². The zero-order chi connectivity index (χ0) is 16.2. The first-order valence-electron chi connectivity index (χ1n) is 6.69. The fourth-order valence-corrected chi connectivity index (χ4v) is 2.72. The van der Waals surface area contributed by atoms with Gasteiger partial charge in [-0.05, 0) is 18.2 Å². The molecule has 1 heterocycles. The first-order valence-corrected chi connectivity index (χ1v) is 7.57. The third-order valence-corrected chi connectivity index (χ3v) is 3.89. The number of rotatable bonds is 3. The van der Waals surface area contributed by atoms with Crippen molar-refractivity contribution >= 4 is 22.4 Å². The molecule has 3 rings (SSSR count). The lowest BCUT2D eigenvalue weighted by Gasteiger charge is -2.03. The topological polar surface area (TPSA) is 65.8 Å². The van der Waals surface area contributed by atoms with Crippen molar-refractivity contribution in [3.8, 4) is 17.3 Å². The number of hydrogen-bond acceptors (Lipinski definition) is 4. The minimum atomic E-state index is -0.735. The standard InChI is InChI=1S/C17H10FN3OS/c18-14-8-11(9-19)6-7-13(14)16(22)21-17-20-15(10-23-17)12-4-2-1-3-5-12/h1-8,10H,(H,20,21,22). The molecule has 0 atom stereocenters. The number of nitrogens with zero attached hydrogens (tertiary/aromatic N) is 2. The summed E-state index contributed by atoms with van der Waals surface area (Å²) in [6.45, 7) is 0. The van der Waals surface area contributed by atoms with Crippen molar-refractivity contribution in [2.75, 3.05) is 5.32 Å². The van der Waals surface area contributed by atoms with E-state index in [-0.39, 0.29) is 11.1 Å². The first kappa shape index (κ1) is 14.9. The van der Waals surface area contributed by atoms with Crippen LogP contribution >= 0.6 is 11.3 Å². The van der Waals surface area contributed by atoms with E-state index in [2.05, 4.69) is 10.3 Å². The molecular formula is C17H10FN3OS. The van der Waals surface area contributed by atoms with Gasteiger partial charge in [0.05, 0.1) is 22.9 Å². The van der Waals surface area contributed by atoms with Crippen LogP contribution < -0.4 is 5.32 Å². The number of thiazole rings is 1. The maximum absolute atomic E-state index is 13.8. The predicted octanol–water partition coefficient (Wildman–Crippen LogP) is 4.07. The van der Waals surface area contributed by atoms with Gasteiger partial charge < -0.3 is 0 Å². The molecule has 2 aromatic carbocycles. The molecular weight excluding hydrogens is 313 g/mol. The number of anilines is 1. The Labute approximate surface area is 135 Å². The summed E-state index contributed by atoms with van der Waals surface area (Å²) in [5.74, 6) is -1.33. The van der Waals surface area contributed by atoms with E-state index in [4.69, 9.17) is 5.26 Å². The lowest BCUT2D eigenvalue weighted by atomic mass is 10.1. The minimum Gasteiger partial charge on any atom is -0.298 e. The normalized spacial score (nSPS) is 10.1. The summed E-state index contributed by atoms with van der Waals surface area (Å²) in [6, 6.07) is 15.1. The number of halogens is 1. The highest BCUT2D eigenvalue weighted by Gasteiger charge is 2.14. The highest BCUT2D eigenvalue weighted by atomic mass is 32.1. The van der Waals surface area contributed by atoms with Crippen molar-refractivity contribution in [1.29, 1.82) is 5.26 Å². The van der Waals surface area contributed by atoms with E-state index in [0.717, 1.165) is 17.3 Å². The van der Waals surface area contributed by atoms with Crippen LogP contribution in [0.2, 0.25) is 0 Å². The lowest BCUT2D eigenvalue weighted by molar-refractivity contribution is 0.102. The monoisotopic (exact) mass is 323 g/mol. The summed E-state index contributed by atoms with van der Waals surface area (Å²) in [5, 5.41) is 13.5. The molecule has 0 spiro atoms. The highest BCUT2D eigenvalue weighted by molar-refractivity contribution is 7.14. The van der Waals surface area contributed by atoms with Gasteiger partial charge in [0.25, 0.3) is 5.91 Å². The van der Waals surface area contributed by atoms with Crippen LogP contribution in [0.25, 0.3) is 11.3 Å². The molecule has 6 heteroatoms. The largest absolute Gasteiger partial charge is 0.298 e. The van der Waals surface area contributed by atoms with Crippen molar-refractivity contribution in [3.05, 3.63) is 70.9 Å². The molecule has 0 saturated carbocycles. The van der Waals surface area contributed by atoms with Crippen molar-refractivity contribution in [2.24, 2.45) is 0 Å². The van der Waals surface area contributed by atoms with Gasteiger partial charge in [-0.15, -0.1) is 11.3 Å². The summed E-state index contributed by atoms with van der Waals surface area (Å²) < 4.78 is 13.8. The van der Waals surface area contributed by atoms with Crippen molar-refractivity contribution < 1.29 is 9.18 Å². The van der Waals surface area contributed by atoms with Gasteiger partial charge in [-0.25, -0.2) is 9.37 Å². The van der Waals surface area contributed by atoms with Gasteiger partial charge in [-0.2, -0.15) is 5.26 Å². The van der Waals surface area contributed by atoms with Crippen LogP contribution in [0.5, 0.6) is 0 Å². The van der Waals surface area contributed by atoms with Crippen LogP contribution in [-0.2, 0) is 0 Å². The molecule has 0 unspecified atom stereocenters. The summed E-state index contributed by atoms with van der Waals surface area (Å²) >= 11 is 1.26. The van der Waals surface area contributed by atoms with Crippen LogP contribution in [0.15, 0.2) is 53.9 Å². The number of hydrogen-bond donors (Lipinski definition) is 1. The van der Waals surface area contributed by atoms with Crippen LogP contribution in [0.3, 0.4) is 0 Å². The van der Waals surface area contributed by atoms with Gasteiger partial charge in [-0.1, -0.05) is 30.3 Å². The number of nitrogens with one attached hydrogen (secondary N) is 1. The molecule has 0 bridgehead atoms. The molecule has 0 aliphatic rings. The lowest BCUT2D eigenvalue weighted by Crippen LogP contribution is -2.13. The zero-order valence-electron chi connectivity index (χ0n) is 11.8. The summed E-state index contributed by atoms with van der Waals surface area (Å²) in [7, 11) is 0. The SMILES string of the molecule is N#Cc1ccc(C(=O)Nc2nc(-c3ccccc3)cs2)c(F)c1. The zero-order valence-corrected chi connectivity index (χ0v) is 12.6. The van der Waals surface area contributed by atoms with Gasteiger partial charge in [0.1, 0.15) is 5.82 Å². The number of nitriles is 1. The molecule has 0 saturated heterocycles. The molecule has 1 amide bonds. The third kappa shape index (κ3) is 3.25. The van der Waals surface area contributed by atoms with Crippen LogP contribution in [-0.4, -0.2) is 10.9 Å². The molecule has 3 aromatic rings. The second-order valence-electron chi connectivity index (χ2n) is 4.66. The van der Waals surface area contributed by atoms with Gasteiger partial charge in [-0.3, -0.25) is 10.1 Å². The Morgan fingerprint density at radius 1 is 1.22 bits per heavy atom. The summed E-state index contributed by atoms with van der Waals surface area (Å²) in [4.78, 5) is 16.4. The average Bonchev–Trinajstić information content (AvgIpc) is 3.03. The van der Waals surface area contributed by atoms with E-state index < -0.39 is 11.7 Å². The van der Waals surface area contributed by atoms with E-state index in [1.165, 1.54) is 23.5 Å². The van der Waals surface area contributed by atoms with Crippen molar-refractivity contribution in [1.82, 2.24) is 4.98 Å². The second-order valence-corrected chi connectivity index (χ2v) is 5.52. The Morgan fingerprint density at radius 2 is 2.00 bits per heavy atom. The second kappa shape index (κ2) is 6.38. The minimum absolute atomic E-state index is 0.125. The van der Waals surface area contributed by atoms with Crippen molar-refractivity contribution in [3.63, 3.8) is 0 Å². The molecule has 0 radical (unpaired) electrons. The number of benzene rings is 2. The molecule has 0 aliphatic heterocycles. The number of carbonyl (C=O) groups excluding carboxylic acids is 1. The quantitative estimate of drug-likeness (QED) is 0.790. The van der Waals surface area contributed by atoms with Crippen molar-refractivity contribution in [2.45, 2.75) is 0 Å². The first-order chi connectivity index (χ1) is 11.2. The van der Waals surface area contributed by atoms with Gasteiger partial charge in [0.2, 0.25) is 0 Å². The molecule has 4 nitrogen and oxygen atoms in total. The van der Waals surface area contributed by atoms with E-state index in [1.807, 2.05) is 41.8 Å². The van der Waals surface area contributed by atoms with E-state index in [1.54, 1.807) is 0 Å². The third-order valence-electron chi connectivity index (χ3n) is 3.14. The Bertz CT molecular complexity index is 900. The van der Waals surface area contributed by atoms with Gasteiger partial charge >= 0.3 is 0 Å². The Balaban J connectivity index is 1.79. The number of carbonyl (C=O) groups is 1. The average molecular weight is 323 g/mol. The summed E-state index contributed by atoms with van der Waals surface area (Å²) in [5.41, 5.74) is 1.72. The number of aromatic nitrogens is 1. The Kier molecular flexibility index (Phi) is 4.13. The Hall–Kier alpha value is -3.04. The number of amides is 1. The predicted molar refractivity (Wildman–Crippen MR) is 86.6 cm³/mol. The van der Waals surface area contributed by atoms with E-state index in [9.17, 15) is 9.18 Å². The smallest absolute Gasteiger partial charge is 0.260 e. The molecule has 1 N–H and O–H groups in total. The maximum atomic E-state index is 13.8. The molecule has 1 aromatic heterocycles. The van der Waals surface area contributed by atoms with E-state index in [0.29, 0.717) is 5.13 Å². The summed E-state index contributed by atoms with van der Waals surface area (Å²) in [6.07, 6.45) is 0. The molecule has 23 heavy (non-hydrogen) atoms. The highest BCUT2D eigenvalue weighted by Crippen LogP contribution is 2.25. The maximum Gasteiger partial charge on any atom is 0.260 e. The fraction of sp³-hybridized carbons (Fsp3) is 0. The van der Waals surface area contributed by atoms with Crippen LogP contribution in [0.4, 0.5) is 9.52 Å². The van der Waals surface area contributed by atoms with Gasteiger partial charge in [0.15, 0.2) is 5.13 Å². The molecule has 112 valence electrons.